The molecule has 0 bridgehead atoms. The van der Waals surface area contributed by atoms with Crippen LogP contribution in [-0.2, 0) is 16.2 Å². The summed E-state index contributed by atoms with van der Waals surface area (Å²) in [4.78, 5) is 6.34. The highest BCUT2D eigenvalue weighted by Gasteiger charge is 2.35. The fourth-order valence-corrected chi connectivity index (χ4v) is 5.53. The third kappa shape index (κ3) is 4.52. The lowest BCUT2D eigenvalue weighted by Gasteiger charge is -2.36. The number of rotatable bonds is 5. The molecular weight excluding hydrogens is 463 g/mol. The van der Waals surface area contributed by atoms with Crippen LogP contribution < -0.4 is 0 Å². The molecule has 0 aliphatic carbocycles. The molecule has 4 rings (SSSR count). The largest absolute Gasteiger partial charge is 0.416 e. The van der Waals surface area contributed by atoms with Crippen LogP contribution in [0.1, 0.15) is 35.9 Å². The molecule has 0 amide bonds. The van der Waals surface area contributed by atoms with Crippen LogP contribution >= 0.6 is 0 Å². The Labute approximate surface area is 188 Å². The van der Waals surface area contributed by atoms with Crippen molar-refractivity contribution in [3.63, 3.8) is 0 Å². The number of nitrogens with zero attached hydrogens (tertiary/aromatic N) is 5. The smallest absolute Gasteiger partial charge is 0.360 e. The van der Waals surface area contributed by atoms with Crippen LogP contribution in [-0.4, -0.2) is 59.1 Å². The molecule has 178 valence electrons. The lowest BCUT2D eigenvalue weighted by molar-refractivity contribution is -0.137. The Hall–Kier alpha value is -2.77. The van der Waals surface area contributed by atoms with Crippen molar-refractivity contribution in [2.24, 2.45) is 0 Å². The number of benzene rings is 1. The molecule has 3 heterocycles. The standard InChI is InChI=1S/C20H22F3N5O4S/c1-12-17(14(3)31-25-12)33(29,30)28-9-7-27(8-10-28)13(2)19-24-18(26-32-19)15-5-4-6-16(11-15)20(21,22)23/h4-6,11,13H,7-10H2,1-3H3. The Morgan fingerprint density at radius 3 is 2.36 bits per heavy atom. The second-order valence-electron chi connectivity index (χ2n) is 7.80. The summed E-state index contributed by atoms with van der Waals surface area (Å²) in [6, 6.07) is 4.37. The summed E-state index contributed by atoms with van der Waals surface area (Å²) in [6.07, 6.45) is -4.47. The number of alkyl halides is 3. The van der Waals surface area contributed by atoms with Crippen molar-refractivity contribution < 1.29 is 30.6 Å². The zero-order chi connectivity index (χ0) is 24.0. The molecule has 1 fully saturated rings. The number of hydrogen-bond acceptors (Lipinski definition) is 8. The maximum Gasteiger partial charge on any atom is 0.416 e. The van der Waals surface area contributed by atoms with Crippen molar-refractivity contribution >= 4 is 10.0 Å². The van der Waals surface area contributed by atoms with Gasteiger partial charge in [0.15, 0.2) is 5.76 Å². The van der Waals surface area contributed by atoms with Crippen molar-refractivity contribution in [2.45, 2.75) is 37.9 Å². The molecule has 1 aliphatic heterocycles. The first-order chi connectivity index (χ1) is 15.5. The van der Waals surface area contributed by atoms with Crippen molar-refractivity contribution in [1.82, 2.24) is 24.5 Å². The van der Waals surface area contributed by atoms with Gasteiger partial charge in [-0.2, -0.15) is 22.5 Å². The average Bonchev–Trinajstić information content (AvgIpc) is 3.40. The van der Waals surface area contributed by atoms with Gasteiger partial charge in [0.25, 0.3) is 0 Å². The Bertz CT molecular complexity index is 1230. The van der Waals surface area contributed by atoms with Crippen LogP contribution in [0.4, 0.5) is 13.2 Å². The van der Waals surface area contributed by atoms with E-state index >= 15 is 0 Å². The molecule has 13 heteroatoms. The van der Waals surface area contributed by atoms with Gasteiger partial charge in [-0.05, 0) is 32.9 Å². The van der Waals surface area contributed by atoms with Crippen LogP contribution in [0.25, 0.3) is 11.4 Å². The van der Waals surface area contributed by atoms with Gasteiger partial charge in [0.2, 0.25) is 21.7 Å². The third-order valence-corrected chi connectivity index (χ3v) is 7.78. The summed E-state index contributed by atoms with van der Waals surface area (Å²) in [6.45, 7) is 6.26. The van der Waals surface area contributed by atoms with Crippen molar-refractivity contribution in [2.75, 3.05) is 26.2 Å². The third-order valence-electron chi connectivity index (χ3n) is 5.63. The van der Waals surface area contributed by atoms with E-state index in [1.165, 1.54) is 16.4 Å². The zero-order valence-electron chi connectivity index (χ0n) is 18.1. The van der Waals surface area contributed by atoms with Crippen molar-refractivity contribution in [3.8, 4) is 11.4 Å². The predicted molar refractivity (Wildman–Crippen MR) is 109 cm³/mol. The Balaban J connectivity index is 1.45. The molecule has 0 spiro atoms. The highest BCUT2D eigenvalue weighted by molar-refractivity contribution is 7.89. The quantitative estimate of drug-likeness (QED) is 0.541. The predicted octanol–water partition coefficient (Wildman–Crippen LogP) is 3.43. The lowest BCUT2D eigenvalue weighted by atomic mass is 10.1. The molecule has 0 saturated carbocycles. The van der Waals surface area contributed by atoms with Gasteiger partial charge < -0.3 is 9.05 Å². The minimum atomic E-state index is -4.47. The molecular formula is C20H22F3N5O4S. The molecule has 33 heavy (non-hydrogen) atoms. The number of aryl methyl sites for hydroxylation is 2. The van der Waals surface area contributed by atoms with Gasteiger partial charge in [0.1, 0.15) is 10.6 Å². The number of halogens is 3. The second kappa shape index (κ2) is 8.54. The Morgan fingerprint density at radius 1 is 1.06 bits per heavy atom. The van der Waals surface area contributed by atoms with Crippen LogP contribution in [0.2, 0.25) is 0 Å². The van der Waals surface area contributed by atoms with Crippen LogP contribution in [0, 0.1) is 13.8 Å². The fraction of sp³-hybridized carbons (Fsp3) is 0.450. The fourth-order valence-electron chi connectivity index (χ4n) is 3.82. The monoisotopic (exact) mass is 485 g/mol. The SMILES string of the molecule is Cc1noc(C)c1S(=O)(=O)N1CCN(C(C)c2nc(-c3cccc(C(F)(F)F)c3)no2)CC1. The number of sulfonamides is 1. The first kappa shape index (κ1) is 23.4. The second-order valence-corrected chi connectivity index (χ2v) is 9.68. The van der Waals surface area contributed by atoms with E-state index < -0.39 is 21.8 Å². The molecule has 3 aromatic rings. The molecule has 1 atom stereocenters. The van der Waals surface area contributed by atoms with Gasteiger partial charge in [-0.3, -0.25) is 4.90 Å². The van der Waals surface area contributed by atoms with E-state index in [0.717, 1.165) is 12.1 Å². The van der Waals surface area contributed by atoms with Crippen molar-refractivity contribution in [3.05, 3.63) is 47.2 Å². The molecule has 1 aromatic carbocycles. The summed E-state index contributed by atoms with van der Waals surface area (Å²) < 4.78 is 76.6. The van der Waals surface area contributed by atoms with E-state index in [0.29, 0.717) is 18.8 Å². The van der Waals surface area contributed by atoms with Crippen LogP contribution in [0.5, 0.6) is 0 Å². The van der Waals surface area contributed by atoms with Gasteiger partial charge in [-0.1, -0.05) is 22.4 Å². The van der Waals surface area contributed by atoms with E-state index in [9.17, 15) is 21.6 Å². The minimum absolute atomic E-state index is 0.0579. The van der Waals surface area contributed by atoms with Gasteiger partial charge in [0.05, 0.1) is 11.6 Å². The normalized spacial score (nSPS) is 17.4. The first-order valence-corrected chi connectivity index (χ1v) is 11.6. The van der Waals surface area contributed by atoms with E-state index in [1.54, 1.807) is 13.8 Å². The van der Waals surface area contributed by atoms with Crippen LogP contribution in [0.3, 0.4) is 0 Å². The van der Waals surface area contributed by atoms with E-state index in [-0.39, 0.29) is 47.1 Å². The van der Waals surface area contributed by atoms with Crippen molar-refractivity contribution in [1.29, 1.82) is 0 Å². The van der Waals surface area contributed by atoms with Gasteiger partial charge in [0, 0.05) is 31.7 Å². The number of aromatic nitrogens is 3. The zero-order valence-corrected chi connectivity index (χ0v) is 18.9. The minimum Gasteiger partial charge on any atom is -0.360 e. The molecule has 0 radical (unpaired) electrons. The maximum atomic E-state index is 13.0. The molecule has 1 saturated heterocycles. The average molecular weight is 485 g/mol. The van der Waals surface area contributed by atoms with E-state index in [1.807, 2.05) is 11.8 Å². The maximum absolute atomic E-state index is 13.0. The highest BCUT2D eigenvalue weighted by atomic mass is 32.2. The van der Waals surface area contributed by atoms with Crippen LogP contribution in [0.15, 0.2) is 38.2 Å². The number of piperazine rings is 1. The van der Waals surface area contributed by atoms with E-state index in [4.69, 9.17) is 9.05 Å². The van der Waals surface area contributed by atoms with E-state index in [2.05, 4.69) is 15.3 Å². The molecule has 9 nitrogen and oxygen atoms in total. The highest BCUT2D eigenvalue weighted by Crippen LogP contribution is 2.32. The topological polar surface area (TPSA) is 106 Å². The lowest BCUT2D eigenvalue weighted by Crippen LogP contribution is -2.49. The summed E-state index contributed by atoms with van der Waals surface area (Å²) in [7, 11) is -3.73. The summed E-state index contributed by atoms with van der Waals surface area (Å²) in [5.41, 5.74) is -0.284. The Kier molecular flexibility index (Phi) is 6.05. The summed E-state index contributed by atoms with van der Waals surface area (Å²) in [5.74, 6) is 0.545. The van der Waals surface area contributed by atoms with Gasteiger partial charge >= 0.3 is 6.18 Å². The summed E-state index contributed by atoms with van der Waals surface area (Å²) in [5, 5.41) is 7.55. The first-order valence-electron chi connectivity index (χ1n) is 10.2. The summed E-state index contributed by atoms with van der Waals surface area (Å²) >= 11 is 0. The number of hydrogen-bond donors (Lipinski definition) is 0. The molecule has 2 aromatic heterocycles. The Morgan fingerprint density at radius 2 is 1.76 bits per heavy atom. The molecule has 1 aliphatic rings. The molecule has 0 N–H and O–H groups in total. The molecule has 1 unspecified atom stereocenters. The van der Waals surface area contributed by atoms with Gasteiger partial charge in [-0.15, -0.1) is 0 Å². The van der Waals surface area contributed by atoms with Gasteiger partial charge in [-0.25, -0.2) is 8.42 Å².